The van der Waals surface area contributed by atoms with E-state index in [1.165, 1.54) is 44.1 Å². The van der Waals surface area contributed by atoms with Crippen molar-refractivity contribution in [2.45, 2.75) is 75.7 Å². The van der Waals surface area contributed by atoms with Gasteiger partial charge in [-0.15, -0.1) is 0 Å². The van der Waals surface area contributed by atoms with E-state index in [1.54, 1.807) is 5.56 Å². The first-order valence-electron chi connectivity index (χ1n) is 10.5. The molecule has 4 aliphatic rings. The van der Waals surface area contributed by atoms with Crippen LogP contribution in [0, 0.1) is 11.3 Å². The molecule has 3 aliphatic carbocycles. The second-order valence-electron chi connectivity index (χ2n) is 10.0. The average molecular weight is 354 g/mol. The van der Waals surface area contributed by atoms with Crippen molar-refractivity contribution in [3.05, 3.63) is 35.4 Å². The largest absolute Gasteiger partial charge is 0.390 e. The Morgan fingerprint density at radius 1 is 1.08 bits per heavy atom. The first-order chi connectivity index (χ1) is 12.4. The first-order valence-corrected chi connectivity index (χ1v) is 10.5. The molecule has 140 valence electrons. The van der Waals surface area contributed by atoms with Gasteiger partial charge in [0, 0.05) is 24.4 Å². The molecule has 1 aromatic rings. The summed E-state index contributed by atoms with van der Waals surface area (Å²) < 4.78 is 0. The van der Waals surface area contributed by atoms with Gasteiger partial charge in [0.15, 0.2) is 0 Å². The average Bonchev–Trinajstić information content (AvgIpc) is 2.95. The lowest BCUT2D eigenvalue weighted by atomic mass is 9.69. The van der Waals surface area contributed by atoms with E-state index in [0.29, 0.717) is 24.2 Å². The summed E-state index contributed by atoms with van der Waals surface area (Å²) in [6, 6.07) is 9.37. The van der Waals surface area contributed by atoms with Crippen LogP contribution in [0.15, 0.2) is 24.3 Å². The zero-order chi connectivity index (χ0) is 17.9. The Bertz CT molecular complexity index is 707. The molecule has 1 heterocycles. The predicted octanol–water partition coefficient (Wildman–Crippen LogP) is 4.21. The van der Waals surface area contributed by atoms with E-state index < -0.39 is 5.60 Å². The Balaban J connectivity index is 1.19. The highest BCUT2D eigenvalue weighted by molar-refractivity contribution is 5.81. The van der Waals surface area contributed by atoms with Crippen molar-refractivity contribution in [2.24, 2.45) is 11.3 Å². The van der Waals surface area contributed by atoms with Crippen molar-refractivity contribution in [1.29, 1.82) is 0 Å². The predicted molar refractivity (Wildman–Crippen MR) is 102 cm³/mol. The van der Waals surface area contributed by atoms with Gasteiger partial charge in [-0.2, -0.15) is 0 Å². The van der Waals surface area contributed by atoms with Gasteiger partial charge < -0.3 is 10.0 Å². The van der Waals surface area contributed by atoms with Gasteiger partial charge in [-0.05, 0) is 74.8 Å². The molecule has 3 saturated carbocycles. The molecule has 4 fully saturated rings. The topological polar surface area (TPSA) is 40.5 Å². The Labute approximate surface area is 156 Å². The minimum absolute atomic E-state index is 0.0682. The zero-order valence-corrected chi connectivity index (χ0v) is 15.9. The standard InChI is InChI=1S/C23H31NO2/c1-22(26)11-20(12-22)21(25)24-14-23(15-24)9-8-19(13-23)18-7-3-6-17(10-18)16-4-2-5-16/h3,6-7,10,16,19-20,26H,2,4-5,8-9,11-15H2,1H3/t19?,20-,22+. The van der Waals surface area contributed by atoms with E-state index in [-0.39, 0.29) is 11.8 Å². The van der Waals surface area contributed by atoms with Gasteiger partial charge in [-0.3, -0.25) is 4.79 Å². The number of benzene rings is 1. The van der Waals surface area contributed by atoms with Crippen LogP contribution in [0.3, 0.4) is 0 Å². The minimum atomic E-state index is -0.604. The zero-order valence-electron chi connectivity index (χ0n) is 15.9. The molecular formula is C23H31NO2. The van der Waals surface area contributed by atoms with Gasteiger partial charge in [0.25, 0.3) is 0 Å². The maximum atomic E-state index is 12.6. The van der Waals surface area contributed by atoms with E-state index >= 15 is 0 Å². The summed E-state index contributed by atoms with van der Waals surface area (Å²) in [7, 11) is 0. The third-order valence-electron chi connectivity index (χ3n) is 7.75. The van der Waals surface area contributed by atoms with Gasteiger partial charge in [-0.25, -0.2) is 0 Å². The summed E-state index contributed by atoms with van der Waals surface area (Å²) >= 11 is 0. The molecular weight excluding hydrogens is 322 g/mol. The van der Waals surface area contributed by atoms with Crippen LogP contribution in [0.2, 0.25) is 0 Å². The third kappa shape index (κ3) is 2.79. The summed E-state index contributed by atoms with van der Waals surface area (Å²) in [5.41, 5.74) is 2.86. The van der Waals surface area contributed by atoms with E-state index in [4.69, 9.17) is 0 Å². The molecule has 1 aliphatic heterocycles. The van der Waals surface area contributed by atoms with Crippen LogP contribution in [0.4, 0.5) is 0 Å². The molecule has 0 bridgehead atoms. The minimum Gasteiger partial charge on any atom is -0.390 e. The smallest absolute Gasteiger partial charge is 0.225 e. The number of nitrogens with zero attached hydrogens (tertiary/aromatic N) is 1. The monoisotopic (exact) mass is 353 g/mol. The second kappa shape index (κ2) is 5.82. The SMILES string of the molecule is C[C@]1(O)C[C@@H](C(=O)N2CC3(CCC(c4cccc(C5CCC5)c4)C3)C2)C1. The molecule has 1 atom stereocenters. The van der Waals surface area contributed by atoms with Crippen LogP contribution < -0.4 is 0 Å². The Morgan fingerprint density at radius 3 is 2.38 bits per heavy atom. The van der Waals surface area contributed by atoms with E-state index in [9.17, 15) is 9.90 Å². The fourth-order valence-corrected chi connectivity index (χ4v) is 5.94. The van der Waals surface area contributed by atoms with Crippen molar-refractivity contribution in [2.75, 3.05) is 13.1 Å². The molecule has 5 rings (SSSR count). The number of hydrogen-bond acceptors (Lipinski definition) is 2. The van der Waals surface area contributed by atoms with Crippen LogP contribution in [0.5, 0.6) is 0 Å². The van der Waals surface area contributed by atoms with Gasteiger partial charge in [0.2, 0.25) is 5.91 Å². The number of carbonyl (C=O) groups excluding carboxylic acids is 1. The summed E-state index contributed by atoms with van der Waals surface area (Å²) in [6.07, 6.45) is 9.19. The molecule has 1 unspecified atom stereocenters. The van der Waals surface area contributed by atoms with E-state index in [2.05, 4.69) is 29.2 Å². The van der Waals surface area contributed by atoms with Crippen LogP contribution in [-0.4, -0.2) is 34.6 Å². The summed E-state index contributed by atoms with van der Waals surface area (Å²) in [6.45, 7) is 3.74. The lowest BCUT2D eigenvalue weighted by Gasteiger charge is -2.52. The number of carbonyl (C=O) groups is 1. The Kier molecular flexibility index (Phi) is 3.76. The van der Waals surface area contributed by atoms with E-state index in [1.807, 2.05) is 6.92 Å². The Hall–Kier alpha value is -1.35. The van der Waals surface area contributed by atoms with Crippen molar-refractivity contribution in [1.82, 2.24) is 4.90 Å². The Morgan fingerprint density at radius 2 is 1.77 bits per heavy atom. The maximum absolute atomic E-state index is 12.6. The first kappa shape index (κ1) is 16.8. The van der Waals surface area contributed by atoms with Crippen molar-refractivity contribution >= 4 is 5.91 Å². The highest BCUT2D eigenvalue weighted by Gasteiger charge is 2.53. The van der Waals surface area contributed by atoms with Crippen LogP contribution in [-0.2, 0) is 4.79 Å². The molecule has 1 aromatic carbocycles. The number of amides is 1. The normalized spacial score (nSPS) is 35.7. The molecule has 1 amide bonds. The van der Waals surface area contributed by atoms with E-state index in [0.717, 1.165) is 19.0 Å². The summed E-state index contributed by atoms with van der Waals surface area (Å²) in [5.74, 6) is 1.84. The summed E-state index contributed by atoms with van der Waals surface area (Å²) in [4.78, 5) is 14.6. The third-order valence-corrected chi connectivity index (χ3v) is 7.75. The lowest BCUT2D eigenvalue weighted by molar-refractivity contribution is -0.161. The fraction of sp³-hybridized carbons (Fsp3) is 0.696. The van der Waals surface area contributed by atoms with Gasteiger partial charge in [0.05, 0.1) is 5.60 Å². The molecule has 0 aromatic heterocycles. The van der Waals surface area contributed by atoms with Crippen molar-refractivity contribution in [3.63, 3.8) is 0 Å². The van der Waals surface area contributed by atoms with Crippen LogP contribution in [0.1, 0.15) is 81.3 Å². The van der Waals surface area contributed by atoms with Crippen molar-refractivity contribution < 1.29 is 9.90 Å². The number of rotatable bonds is 3. The lowest BCUT2D eigenvalue weighted by Crippen LogP contribution is -2.61. The maximum Gasteiger partial charge on any atom is 0.225 e. The quantitative estimate of drug-likeness (QED) is 0.884. The van der Waals surface area contributed by atoms with Crippen molar-refractivity contribution in [3.8, 4) is 0 Å². The highest BCUT2D eigenvalue weighted by atomic mass is 16.3. The number of hydrogen-bond donors (Lipinski definition) is 1. The molecule has 1 saturated heterocycles. The van der Waals surface area contributed by atoms with Gasteiger partial charge in [-0.1, -0.05) is 30.7 Å². The molecule has 1 N–H and O–H groups in total. The van der Waals surface area contributed by atoms with Crippen LogP contribution >= 0.6 is 0 Å². The number of aliphatic hydroxyl groups is 1. The van der Waals surface area contributed by atoms with Crippen LogP contribution in [0.25, 0.3) is 0 Å². The number of likely N-dealkylation sites (tertiary alicyclic amines) is 1. The molecule has 0 radical (unpaired) electrons. The highest BCUT2D eigenvalue weighted by Crippen LogP contribution is 2.53. The molecule has 1 spiro atoms. The summed E-state index contributed by atoms with van der Waals surface area (Å²) in [5, 5.41) is 9.88. The molecule has 3 heteroatoms. The molecule has 3 nitrogen and oxygen atoms in total. The molecule has 26 heavy (non-hydrogen) atoms. The van der Waals surface area contributed by atoms with Gasteiger partial charge >= 0.3 is 0 Å². The second-order valence-corrected chi connectivity index (χ2v) is 10.0. The van der Waals surface area contributed by atoms with Gasteiger partial charge in [0.1, 0.15) is 0 Å². The fourth-order valence-electron chi connectivity index (χ4n) is 5.94.